The van der Waals surface area contributed by atoms with E-state index in [1.165, 1.54) is 0 Å². The maximum absolute atomic E-state index is 8.36. The van der Waals surface area contributed by atoms with Crippen molar-refractivity contribution >= 4 is 22.1 Å². The fourth-order valence-electron chi connectivity index (χ4n) is 0. The molecule has 0 spiro atoms. The van der Waals surface area contributed by atoms with Crippen LogP contribution in [0.15, 0.2) is 0 Å². The van der Waals surface area contributed by atoms with Crippen LogP contribution in [0.4, 0.5) is 0 Å². The number of hydrogen-bond acceptors (Lipinski definition) is 3. The smallest absolute Gasteiger partial charge is 0 e. The normalized spacial score (nSPS) is 2.40. The summed E-state index contributed by atoms with van der Waals surface area (Å²) in [5, 5.41) is 20.7. The van der Waals surface area contributed by atoms with Gasteiger partial charge in [0.25, 0.3) is 0 Å². The van der Waals surface area contributed by atoms with Gasteiger partial charge in [-0.25, -0.2) is 0 Å². The maximum atomic E-state index is 8.36. The molecule has 0 aromatic carbocycles. The largest absolute Gasteiger partial charge is 0 e. The Bertz CT molecular complexity index is 49.7. The van der Waals surface area contributed by atoms with E-state index >= 15 is 0 Å². The van der Waals surface area contributed by atoms with Gasteiger partial charge >= 0.3 is 51.2 Å². The molecule has 0 aliphatic carbocycles. The van der Waals surface area contributed by atoms with Crippen molar-refractivity contribution in [2.24, 2.45) is 0 Å². The first-order chi connectivity index (χ1) is 4.24. The summed E-state index contributed by atoms with van der Waals surface area (Å²) in [7, 11) is -0.750. The second-order valence-electron chi connectivity index (χ2n) is 0.316. The summed E-state index contributed by atoms with van der Waals surface area (Å²) in [5.41, 5.74) is 0. The Morgan fingerprint density at radius 3 is 0.700 bits per heavy atom. The third-order valence-corrected chi connectivity index (χ3v) is 0. The van der Waals surface area contributed by atoms with Gasteiger partial charge in [-0.3, -0.25) is 0 Å². The summed E-state index contributed by atoms with van der Waals surface area (Å²) in [4.78, 5) is 0. The van der Waals surface area contributed by atoms with Gasteiger partial charge in [0.15, 0.2) is 0 Å². The van der Waals surface area contributed by atoms with Crippen molar-refractivity contribution < 1.29 is 69.1 Å². The molecule has 6 nitrogen and oxygen atoms in total. The summed E-state index contributed by atoms with van der Waals surface area (Å²) in [6, 6.07) is 0. The van der Waals surface area contributed by atoms with Gasteiger partial charge < -0.3 is 0 Å². The predicted molar refractivity (Wildman–Crippen MR) is 26.0 cm³/mol. The van der Waals surface area contributed by atoms with Crippen molar-refractivity contribution in [3.05, 3.63) is 0 Å². The van der Waals surface area contributed by atoms with Crippen molar-refractivity contribution in [2.45, 2.75) is 0 Å². The Hall–Kier alpha value is 0.319. The fourth-order valence-corrected chi connectivity index (χ4v) is 0. The van der Waals surface area contributed by atoms with E-state index < -0.39 is 0 Å². The molecule has 0 atom stereocenters. The second-order valence-corrected chi connectivity index (χ2v) is 0.316. The van der Waals surface area contributed by atoms with Crippen molar-refractivity contribution in [1.82, 2.24) is 0 Å². The summed E-state index contributed by atoms with van der Waals surface area (Å²) < 4.78 is 25.1. The summed E-state index contributed by atoms with van der Waals surface area (Å²) >= 11 is 0. The quantitative estimate of drug-likeness (QED) is 0.406. The average molecular weight is 289 g/mol. The molecule has 10 heteroatoms. The molecule has 56 valence electrons. The topological polar surface area (TPSA) is 112 Å². The zero-order chi connectivity index (χ0) is 8.12. The third kappa shape index (κ3) is 4370. The first-order valence-electron chi connectivity index (χ1n) is 1.48. The molecule has 0 aromatic rings. The Balaban J connectivity index is -0.0000000257. The first-order valence-corrected chi connectivity index (χ1v) is 1.48. The van der Waals surface area contributed by atoms with E-state index in [-0.39, 0.29) is 62.0 Å². The predicted octanol–water partition coefficient (Wildman–Crippen LogP) is -3.17. The van der Waals surface area contributed by atoms with Crippen LogP contribution in [0.25, 0.3) is 0 Å². The van der Waals surface area contributed by atoms with Crippen LogP contribution in [0.5, 0.6) is 0 Å². The Morgan fingerprint density at radius 1 is 0.700 bits per heavy atom. The van der Waals surface area contributed by atoms with Gasteiger partial charge in [-0.05, 0) is 0 Å². The van der Waals surface area contributed by atoms with Crippen molar-refractivity contribution in [2.75, 3.05) is 0 Å². The SMILES string of the molecule is O=BO.O=BO.O=BO.[Gd]. The zero-order valence-corrected chi connectivity index (χ0v) is 6.92. The molecule has 0 heterocycles. The van der Waals surface area contributed by atoms with Crippen LogP contribution < -0.4 is 0 Å². The van der Waals surface area contributed by atoms with Crippen LogP contribution >= 0.6 is 0 Å². The summed E-state index contributed by atoms with van der Waals surface area (Å²) in [6.45, 7) is 0. The molecule has 10 heavy (non-hydrogen) atoms. The van der Waals surface area contributed by atoms with Gasteiger partial charge in [0.05, 0.1) is 0 Å². The van der Waals surface area contributed by atoms with E-state index in [4.69, 9.17) is 29.2 Å². The van der Waals surface area contributed by atoms with Gasteiger partial charge in [0, 0.05) is 39.9 Å². The summed E-state index contributed by atoms with van der Waals surface area (Å²) in [5.74, 6) is 0. The monoisotopic (exact) mass is 290 g/mol. The molecule has 0 fully saturated rings. The van der Waals surface area contributed by atoms with E-state index in [9.17, 15) is 0 Å². The molecular weight excluding hydrogens is 286 g/mol. The molecular formula is H3B3GdO6. The Kier molecular flexibility index (Phi) is 131. The zero-order valence-electron chi connectivity index (χ0n) is 4.65. The van der Waals surface area contributed by atoms with Crippen LogP contribution in [0.1, 0.15) is 0 Å². The van der Waals surface area contributed by atoms with Crippen molar-refractivity contribution in [3.8, 4) is 0 Å². The van der Waals surface area contributed by atoms with E-state index in [1.54, 1.807) is 0 Å². The van der Waals surface area contributed by atoms with Crippen LogP contribution in [0.2, 0.25) is 0 Å². The minimum atomic E-state index is -0.250. The molecule has 0 bridgehead atoms. The van der Waals surface area contributed by atoms with Gasteiger partial charge in [0.1, 0.15) is 0 Å². The average Bonchev–Trinajstić information content (AvgIpc) is 1.70. The van der Waals surface area contributed by atoms with Crippen molar-refractivity contribution in [3.63, 3.8) is 0 Å². The van der Waals surface area contributed by atoms with Crippen molar-refractivity contribution in [1.29, 1.82) is 0 Å². The van der Waals surface area contributed by atoms with Gasteiger partial charge in [0.2, 0.25) is 0 Å². The maximum Gasteiger partial charge on any atom is 0 e. The molecule has 0 saturated carbocycles. The van der Waals surface area contributed by atoms with E-state index in [1.807, 2.05) is 0 Å². The van der Waals surface area contributed by atoms with Gasteiger partial charge in [-0.15, -0.1) is 0 Å². The van der Waals surface area contributed by atoms with E-state index in [0.717, 1.165) is 0 Å². The van der Waals surface area contributed by atoms with E-state index in [0.29, 0.717) is 0 Å². The molecule has 3 N–H and O–H groups in total. The molecule has 0 unspecified atom stereocenters. The number of rotatable bonds is 0. The van der Waals surface area contributed by atoms with E-state index in [2.05, 4.69) is 0 Å². The molecule has 0 aromatic heterocycles. The molecule has 0 aliphatic rings. The van der Waals surface area contributed by atoms with Crippen LogP contribution in [0.3, 0.4) is 0 Å². The minimum absolute atomic E-state index is 0. The fraction of sp³-hybridized carbons (Fsp3) is 0. The Morgan fingerprint density at radius 2 is 0.700 bits per heavy atom. The minimum Gasteiger partial charge on any atom is 0 e. The van der Waals surface area contributed by atoms with Crippen LogP contribution in [-0.2, 0) is 14.1 Å². The molecule has 0 aliphatic heterocycles. The third-order valence-electron chi connectivity index (χ3n) is 0. The standard InChI is InChI=1S/3BHO2.Gd/c3*2-1-3;/h3*2H;. The molecule has 0 rings (SSSR count). The first kappa shape index (κ1) is 22.4. The van der Waals surface area contributed by atoms with Crippen LogP contribution in [-0.4, -0.2) is 37.1 Å². The van der Waals surface area contributed by atoms with Gasteiger partial charge in [-0.2, -0.15) is 0 Å². The molecule has 0 radical (unpaired) electrons. The second kappa shape index (κ2) is 58.5. The van der Waals surface area contributed by atoms with Gasteiger partial charge in [-0.1, -0.05) is 0 Å². The number of hydrogen-bond donors (Lipinski definition) is 3. The Labute approximate surface area is 90.6 Å². The molecule has 0 amide bonds. The van der Waals surface area contributed by atoms with Crippen LogP contribution in [0, 0.1) is 39.9 Å². The summed E-state index contributed by atoms with van der Waals surface area (Å²) in [6.07, 6.45) is 0. The molecule has 0 saturated heterocycles.